The van der Waals surface area contributed by atoms with Crippen LogP contribution in [0.4, 0.5) is 4.79 Å². The molecule has 0 radical (unpaired) electrons. The smallest absolute Gasteiger partial charge is 0.325 e. The first-order chi connectivity index (χ1) is 6.55. The number of amides is 3. The first-order valence-electron chi connectivity index (χ1n) is 4.20. The van der Waals surface area contributed by atoms with Gasteiger partial charge in [-0.3, -0.25) is 9.69 Å². The predicted molar refractivity (Wildman–Crippen MR) is 47.4 cm³/mol. The van der Waals surface area contributed by atoms with Gasteiger partial charge in [-0.05, 0) is 19.1 Å². The highest BCUT2D eigenvalue weighted by atomic mass is 16.3. The Morgan fingerprint density at radius 2 is 2.21 bits per heavy atom. The quantitative estimate of drug-likeness (QED) is 0.668. The van der Waals surface area contributed by atoms with Crippen molar-refractivity contribution in [2.45, 2.75) is 12.5 Å². The van der Waals surface area contributed by atoms with E-state index in [9.17, 15) is 9.59 Å². The first kappa shape index (κ1) is 8.80. The van der Waals surface area contributed by atoms with Crippen LogP contribution in [0.25, 0.3) is 0 Å². The zero-order valence-corrected chi connectivity index (χ0v) is 7.90. The SMILES string of the molecule is CN1C(=O)NC(C)(c2ccco2)C1=O. The minimum absolute atomic E-state index is 0.308. The van der Waals surface area contributed by atoms with Gasteiger partial charge in [-0.2, -0.15) is 0 Å². The Morgan fingerprint density at radius 1 is 1.50 bits per heavy atom. The van der Waals surface area contributed by atoms with Crippen molar-refractivity contribution in [1.29, 1.82) is 0 Å². The van der Waals surface area contributed by atoms with Crippen LogP contribution in [0.2, 0.25) is 0 Å². The van der Waals surface area contributed by atoms with Crippen molar-refractivity contribution in [3.05, 3.63) is 24.2 Å². The molecule has 1 N–H and O–H groups in total. The van der Waals surface area contributed by atoms with E-state index >= 15 is 0 Å². The number of hydrogen-bond acceptors (Lipinski definition) is 3. The van der Waals surface area contributed by atoms with Crippen LogP contribution in [0.5, 0.6) is 0 Å². The largest absolute Gasteiger partial charge is 0.466 e. The third kappa shape index (κ3) is 0.951. The molecule has 2 heterocycles. The fourth-order valence-electron chi connectivity index (χ4n) is 1.51. The summed E-state index contributed by atoms with van der Waals surface area (Å²) in [5.41, 5.74) is -1.06. The van der Waals surface area contributed by atoms with Gasteiger partial charge in [-0.25, -0.2) is 4.79 Å². The highest BCUT2D eigenvalue weighted by Gasteiger charge is 2.49. The van der Waals surface area contributed by atoms with Gasteiger partial charge in [0, 0.05) is 7.05 Å². The first-order valence-corrected chi connectivity index (χ1v) is 4.20. The Hall–Kier alpha value is -1.78. The Balaban J connectivity index is 2.44. The van der Waals surface area contributed by atoms with E-state index in [0.29, 0.717) is 5.76 Å². The monoisotopic (exact) mass is 194 g/mol. The number of carbonyl (C=O) groups is 2. The highest BCUT2D eigenvalue weighted by Crippen LogP contribution is 2.27. The van der Waals surface area contributed by atoms with E-state index in [4.69, 9.17) is 4.42 Å². The molecule has 1 aromatic heterocycles. The molecule has 74 valence electrons. The molecule has 0 bridgehead atoms. The Labute approximate surface area is 80.7 Å². The number of furan rings is 1. The standard InChI is InChI=1S/C9H10N2O3/c1-9(6-4-3-5-14-6)7(12)11(2)8(13)10-9/h3-5H,1-2H3,(H,10,13). The van der Waals surface area contributed by atoms with E-state index in [-0.39, 0.29) is 5.91 Å². The van der Waals surface area contributed by atoms with Crippen molar-refractivity contribution in [3.63, 3.8) is 0 Å². The molecule has 2 rings (SSSR count). The molecule has 1 aliphatic heterocycles. The minimum Gasteiger partial charge on any atom is -0.466 e. The number of nitrogens with zero attached hydrogens (tertiary/aromatic N) is 1. The molecule has 14 heavy (non-hydrogen) atoms. The van der Waals surface area contributed by atoms with Crippen LogP contribution < -0.4 is 5.32 Å². The van der Waals surface area contributed by atoms with Crippen molar-refractivity contribution in [3.8, 4) is 0 Å². The van der Waals surface area contributed by atoms with Crippen LogP contribution >= 0.6 is 0 Å². The summed E-state index contributed by atoms with van der Waals surface area (Å²) in [6, 6.07) is 2.93. The van der Waals surface area contributed by atoms with E-state index in [0.717, 1.165) is 4.90 Å². The summed E-state index contributed by atoms with van der Waals surface area (Å²) in [6.07, 6.45) is 1.47. The summed E-state index contributed by atoms with van der Waals surface area (Å²) in [5.74, 6) is 0.137. The van der Waals surface area contributed by atoms with Crippen LogP contribution in [0.15, 0.2) is 22.8 Å². The van der Waals surface area contributed by atoms with Gasteiger partial charge in [-0.1, -0.05) is 0 Å². The third-order valence-corrected chi connectivity index (χ3v) is 2.41. The molecule has 3 amide bonds. The predicted octanol–water partition coefficient (Wildman–Crippen LogP) is 0.676. The molecule has 1 unspecified atom stereocenters. The highest BCUT2D eigenvalue weighted by molar-refractivity contribution is 6.06. The van der Waals surface area contributed by atoms with Crippen molar-refractivity contribution in [2.24, 2.45) is 0 Å². The number of urea groups is 1. The molecule has 0 aromatic carbocycles. The van der Waals surface area contributed by atoms with Gasteiger partial charge in [0.1, 0.15) is 5.76 Å². The van der Waals surface area contributed by atoms with E-state index in [1.165, 1.54) is 13.3 Å². The zero-order valence-electron chi connectivity index (χ0n) is 7.90. The lowest BCUT2D eigenvalue weighted by molar-refractivity contribution is -0.130. The lowest BCUT2D eigenvalue weighted by atomic mass is 9.99. The molecule has 1 fully saturated rings. The van der Waals surface area contributed by atoms with E-state index in [1.54, 1.807) is 19.1 Å². The lowest BCUT2D eigenvalue weighted by Crippen LogP contribution is -2.40. The second-order valence-corrected chi connectivity index (χ2v) is 3.40. The molecule has 1 atom stereocenters. The van der Waals surface area contributed by atoms with Gasteiger partial charge >= 0.3 is 6.03 Å². The van der Waals surface area contributed by atoms with Crippen LogP contribution in [0, 0.1) is 0 Å². The molecule has 0 spiro atoms. The summed E-state index contributed by atoms with van der Waals surface area (Å²) < 4.78 is 5.13. The second-order valence-electron chi connectivity index (χ2n) is 3.40. The summed E-state index contributed by atoms with van der Waals surface area (Å²) in [4.78, 5) is 24.0. The molecule has 0 aliphatic carbocycles. The van der Waals surface area contributed by atoms with Gasteiger partial charge in [0.15, 0.2) is 5.54 Å². The average Bonchev–Trinajstić information content (AvgIpc) is 2.73. The maximum Gasteiger partial charge on any atom is 0.325 e. The summed E-state index contributed by atoms with van der Waals surface area (Å²) >= 11 is 0. The van der Waals surface area contributed by atoms with Crippen molar-refractivity contribution >= 4 is 11.9 Å². The molecule has 5 nitrogen and oxygen atoms in total. The van der Waals surface area contributed by atoms with E-state index < -0.39 is 11.6 Å². The van der Waals surface area contributed by atoms with Gasteiger partial charge < -0.3 is 9.73 Å². The van der Waals surface area contributed by atoms with Crippen molar-refractivity contribution in [1.82, 2.24) is 10.2 Å². The normalized spacial score (nSPS) is 26.9. The van der Waals surface area contributed by atoms with Crippen molar-refractivity contribution < 1.29 is 14.0 Å². The molecule has 1 aliphatic rings. The van der Waals surface area contributed by atoms with Crippen LogP contribution in [-0.2, 0) is 10.3 Å². The molecule has 5 heteroatoms. The Kier molecular flexibility index (Phi) is 1.64. The molecule has 1 saturated heterocycles. The van der Waals surface area contributed by atoms with Crippen LogP contribution in [0.1, 0.15) is 12.7 Å². The summed E-state index contributed by atoms with van der Waals surface area (Å²) in [6.45, 7) is 1.62. The number of likely N-dealkylation sites (N-methyl/N-ethyl adjacent to an activating group) is 1. The number of carbonyl (C=O) groups excluding carboxylic acids is 2. The summed E-state index contributed by atoms with van der Waals surface area (Å²) in [5, 5.41) is 2.58. The number of rotatable bonds is 1. The number of nitrogens with one attached hydrogen (secondary N) is 1. The third-order valence-electron chi connectivity index (χ3n) is 2.41. The van der Waals surface area contributed by atoms with Gasteiger partial charge in [0.2, 0.25) is 0 Å². The number of imide groups is 1. The van der Waals surface area contributed by atoms with Crippen LogP contribution in [0.3, 0.4) is 0 Å². The topological polar surface area (TPSA) is 62.6 Å². The molecule has 1 aromatic rings. The van der Waals surface area contributed by atoms with Gasteiger partial charge in [-0.15, -0.1) is 0 Å². The minimum atomic E-state index is -1.06. The van der Waals surface area contributed by atoms with Gasteiger partial charge in [0.05, 0.1) is 6.26 Å². The maximum atomic E-state index is 11.7. The van der Waals surface area contributed by atoms with Gasteiger partial charge in [0.25, 0.3) is 5.91 Å². The van der Waals surface area contributed by atoms with E-state index in [1.807, 2.05) is 0 Å². The lowest BCUT2D eigenvalue weighted by Gasteiger charge is -2.17. The number of hydrogen-bond donors (Lipinski definition) is 1. The fraction of sp³-hybridized carbons (Fsp3) is 0.333. The molecular weight excluding hydrogens is 184 g/mol. The second kappa shape index (κ2) is 2.60. The van der Waals surface area contributed by atoms with E-state index in [2.05, 4.69) is 5.32 Å². The average molecular weight is 194 g/mol. The fourth-order valence-corrected chi connectivity index (χ4v) is 1.51. The Bertz CT molecular complexity index is 385. The van der Waals surface area contributed by atoms with Crippen molar-refractivity contribution in [2.75, 3.05) is 7.05 Å². The Morgan fingerprint density at radius 3 is 2.64 bits per heavy atom. The molecule has 0 saturated carbocycles. The maximum absolute atomic E-state index is 11.7. The zero-order chi connectivity index (χ0) is 10.3. The molecular formula is C9H10N2O3. The summed E-state index contributed by atoms with van der Waals surface area (Å²) in [7, 11) is 1.44. The van der Waals surface area contributed by atoms with Crippen LogP contribution in [-0.4, -0.2) is 23.9 Å².